The van der Waals surface area contributed by atoms with E-state index in [2.05, 4.69) is 54.9 Å². The lowest BCUT2D eigenvalue weighted by Gasteiger charge is -2.38. The molecule has 0 N–H and O–H groups in total. The molecule has 1 aliphatic rings. The van der Waals surface area contributed by atoms with Crippen molar-refractivity contribution in [3.05, 3.63) is 47.6 Å². The van der Waals surface area contributed by atoms with E-state index in [0.29, 0.717) is 48.1 Å². The topological polar surface area (TPSA) is 42.2 Å². The molecule has 3 rings (SSSR count). The summed E-state index contributed by atoms with van der Waals surface area (Å²) in [5, 5.41) is 8.25. The van der Waals surface area contributed by atoms with Crippen LogP contribution in [0.3, 0.4) is 0 Å². The smallest absolute Gasteiger partial charge is 0.250 e. The highest BCUT2D eigenvalue weighted by atomic mass is 19.1. The second-order valence-corrected chi connectivity index (χ2v) is 8.50. The predicted molar refractivity (Wildman–Crippen MR) is 113 cm³/mol. The molecule has 29 heavy (non-hydrogen) atoms. The number of halogens is 1. The third-order valence-corrected chi connectivity index (χ3v) is 5.96. The molecule has 154 valence electrons. The zero-order chi connectivity index (χ0) is 21.0. The molecule has 1 aromatic carbocycles. The van der Waals surface area contributed by atoms with E-state index < -0.39 is 0 Å². The largest absolute Gasteiger partial charge is 0.421 e. The minimum absolute atomic E-state index is 0.240. The molecule has 1 aromatic heterocycles. The number of aromatic nitrogens is 2. The van der Waals surface area contributed by atoms with E-state index in [-0.39, 0.29) is 11.7 Å². The summed E-state index contributed by atoms with van der Waals surface area (Å²) >= 11 is 0. The number of allylic oxidation sites excluding steroid dienone is 1. The van der Waals surface area contributed by atoms with Gasteiger partial charge in [-0.25, -0.2) is 4.39 Å². The zero-order valence-electron chi connectivity index (χ0n) is 17.7. The van der Waals surface area contributed by atoms with E-state index in [1.54, 1.807) is 18.2 Å². The van der Waals surface area contributed by atoms with Crippen LogP contribution in [0.1, 0.15) is 33.1 Å². The molecule has 4 nitrogen and oxygen atoms in total. The Morgan fingerprint density at radius 3 is 2.76 bits per heavy atom. The van der Waals surface area contributed by atoms with Gasteiger partial charge in [0.15, 0.2) is 0 Å². The summed E-state index contributed by atoms with van der Waals surface area (Å²) in [6, 6.07) is 6.47. The third kappa shape index (κ3) is 5.13. The Labute approximate surface area is 173 Å². The van der Waals surface area contributed by atoms with Gasteiger partial charge in [-0.3, -0.25) is 4.90 Å². The van der Waals surface area contributed by atoms with Crippen molar-refractivity contribution >= 4 is 0 Å². The van der Waals surface area contributed by atoms with Crippen molar-refractivity contribution in [1.29, 1.82) is 0 Å². The van der Waals surface area contributed by atoms with Crippen molar-refractivity contribution in [2.24, 2.45) is 23.7 Å². The van der Waals surface area contributed by atoms with Gasteiger partial charge >= 0.3 is 0 Å². The first kappa shape index (κ1) is 21.3. The molecule has 0 aliphatic heterocycles. The second kappa shape index (κ2) is 9.37. The fraction of sp³-hybridized carbons (Fsp3) is 0.500. The molecule has 0 radical (unpaired) electrons. The summed E-state index contributed by atoms with van der Waals surface area (Å²) in [4.78, 5) is 2.21. The van der Waals surface area contributed by atoms with Gasteiger partial charge in [0, 0.05) is 13.0 Å². The predicted octanol–water partition coefficient (Wildman–Crippen LogP) is 4.84. The Bertz CT molecular complexity index is 896. The van der Waals surface area contributed by atoms with Crippen LogP contribution < -0.4 is 0 Å². The Kier molecular flexibility index (Phi) is 6.87. The quantitative estimate of drug-likeness (QED) is 0.497. The van der Waals surface area contributed by atoms with Gasteiger partial charge < -0.3 is 4.42 Å². The van der Waals surface area contributed by atoms with Crippen LogP contribution in [0.2, 0.25) is 0 Å². The summed E-state index contributed by atoms with van der Waals surface area (Å²) in [5.74, 6) is 5.15. The summed E-state index contributed by atoms with van der Waals surface area (Å²) in [6.45, 7) is 8.39. The summed E-state index contributed by atoms with van der Waals surface area (Å²) < 4.78 is 19.8. The first-order valence-corrected chi connectivity index (χ1v) is 10.3. The Balaban J connectivity index is 1.75. The van der Waals surface area contributed by atoms with Gasteiger partial charge in [-0.2, -0.15) is 0 Å². The van der Waals surface area contributed by atoms with Gasteiger partial charge in [-0.05, 0) is 56.2 Å². The third-order valence-electron chi connectivity index (χ3n) is 5.96. The minimum atomic E-state index is -0.352. The van der Waals surface area contributed by atoms with Gasteiger partial charge in [-0.15, -0.1) is 16.6 Å². The van der Waals surface area contributed by atoms with Gasteiger partial charge in [0.05, 0.1) is 12.1 Å². The number of nitrogens with zero attached hydrogens (tertiary/aromatic N) is 3. The van der Waals surface area contributed by atoms with E-state index >= 15 is 0 Å². The number of benzene rings is 1. The molecule has 2 aromatic rings. The maximum Gasteiger partial charge on any atom is 0.250 e. The van der Waals surface area contributed by atoms with Crippen LogP contribution in [0.4, 0.5) is 4.39 Å². The highest BCUT2D eigenvalue weighted by molar-refractivity contribution is 5.53. The summed E-state index contributed by atoms with van der Waals surface area (Å²) in [5.41, 5.74) is 1.70. The minimum Gasteiger partial charge on any atom is -0.421 e. The molecule has 0 bridgehead atoms. The highest BCUT2D eigenvalue weighted by Gasteiger charge is 2.33. The van der Waals surface area contributed by atoms with Crippen molar-refractivity contribution in [1.82, 2.24) is 15.1 Å². The van der Waals surface area contributed by atoms with Gasteiger partial charge in [0.25, 0.3) is 5.89 Å². The van der Waals surface area contributed by atoms with Gasteiger partial charge in [-0.1, -0.05) is 43.5 Å². The van der Waals surface area contributed by atoms with Crippen molar-refractivity contribution in [3.63, 3.8) is 0 Å². The maximum absolute atomic E-state index is 14.0. The van der Waals surface area contributed by atoms with Crippen molar-refractivity contribution < 1.29 is 8.81 Å². The fourth-order valence-electron chi connectivity index (χ4n) is 4.36. The summed E-state index contributed by atoms with van der Waals surface area (Å²) in [7, 11) is 2.08. The number of terminal acetylenes is 1. The Morgan fingerprint density at radius 2 is 2.07 bits per heavy atom. The molecule has 0 saturated carbocycles. The van der Waals surface area contributed by atoms with E-state index in [0.717, 1.165) is 13.0 Å². The first-order valence-electron chi connectivity index (χ1n) is 10.3. The highest BCUT2D eigenvalue weighted by Crippen LogP contribution is 2.39. The average molecular weight is 396 g/mol. The van der Waals surface area contributed by atoms with Crippen LogP contribution >= 0.6 is 0 Å². The lowest BCUT2D eigenvalue weighted by Crippen LogP contribution is -2.35. The Hall–Kier alpha value is -2.45. The normalized spacial score (nSPS) is 22.0. The molecule has 0 unspecified atom stereocenters. The molecule has 0 saturated heterocycles. The molecular formula is C24H30FN3O. The lowest BCUT2D eigenvalue weighted by atomic mass is 9.69. The van der Waals surface area contributed by atoms with Crippen LogP contribution in [0.5, 0.6) is 0 Å². The van der Waals surface area contributed by atoms with Gasteiger partial charge in [0.2, 0.25) is 5.89 Å². The first-order chi connectivity index (χ1) is 13.9. The van der Waals surface area contributed by atoms with E-state index in [4.69, 9.17) is 10.8 Å². The molecule has 5 heteroatoms. The standard InChI is InChI=1S/C24H30FN3O/c1-6-11-28(5)15-19-12-17(4)18(13-21(19)16(2)3)14-23-26-27-24(29-23)20-9-7-8-10-22(20)25/h1,7-10,12,16,18-19,21H,11,13-15H2,2-5H3/t18-,19-,21-/m0/s1. The number of hydrogen-bond donors (Lipinski definition) is 0. The van der Waals surface area contributed by atoms with Crippen LogP contribution in [0.15, 0.2) is 40.3 Å². The molecule has 1 aliphatic carbocycles. The number of rotatable bonds is 7. The Morgan fingerprint density at radius 1 is 1.31 bits per heavy atom. The van der Waals surface area contributed by atoms with E-state index in [9.17, 15) is 4.39 Å². The van der Waals surface area contributed by atoms with Crippen LogP contribution in [-0.4, -0.2) is 35.2 Å². The second-order valence-electron chi connectivity index (χ2n) is 8.50. The summed E-state index contributed by atoms with van der Waals surface area (Å²) in [6.07, 6.45) is 9.62. The molecule has 0 spiro atoms. The van der Waals surface area contributed by atoms with Crippen molar-refractivity contribution in [2.45, 2.75) is 33.6 Å². The van der Waals surface area contributed by atoms with Gasteiger partial charge in [0.1, 0.15) is 5.82 Å². The monoisotopic (exact) mass is 395 g/mol. The maximum atomic E-state index is 14.0. The molecular weight excluding hydrogens is 365 g/mol. The molecule has 3 atom stereocenters. The molecule has 0 amide bonds. The van der Waals surface area contributed by atoms with E-state index in [1.807, 2.05) is 0 Å². The molecule has 1 heterocycles. The van der Waals surface area contributed by atoms with Crippen LogP contribution in [0, 0.1) is 41.8 Å². The fourth-order valence-corrected chi connectivity index (χ4v) is 4.36. The van der Waals surface area contributed by atoms with Crippen LogP contribution in [0.25, 0.3) is 11.5 Å². The lowest BCUT2D eigenvalue weighted by molar-refractivity contribution is 0.183. The van der Waals surface area contributed by atoms with Crippen molar-refractivity contribution in [3.8, 4) is 23.8 Å². The zero-order valence-corrected chi connectivity index (χ0v) is 17.7. The van der Waals surface area contributed by atoms with Crippen LogP contribution in [-0.2, 0) is 6.42 Å². The number of hydrogen-bond acceptors (Lipinski definition) is 4. The SMILES string of the molecule is C#CCN(C)C[C@@H]1C=C(C)[C@H](Cc2nnc(-c3ccccc3F)o2)C[C@H]1C(C)C. The van der Waals surface area contributed by atoms with E-state index in [1.165, 1.54) is 11.6 Å². The molecule has 0 fully saturated rings. The van der Waals surface area contributed by atoms with Crippen molar-refractivity contribution in [2.75, 3.05) is 20.1 Å². The average Bonchev–Trinajstić information content (AvgIpc) is 3.12.